The van der Waals surface area contributed by atoms with Crippen LogP contribution in [0.3, 0.4) is 0 Å². The highest BCUT2D eigenvalue weighted by atomic mass is 16.4. The van der Waals surface area contributed by atoms with Crippen LogP contribution in [-0.2, 0) is 6.54 Å². The van der Waals surface area contributed by atoms with E-state index in [4.69, 9.17) is 9.52 Å². The van der Waals surface area contributed by atoms with Crippen molar-refractivity contribution in [2.45, 2.75) is 13.5 Å². The summed E-state index contributed by atoms with van der Waals surface area (Å²) in [5.41, 5.74) is 2.50. The Balaban J connectivity index is 1.98. The molecule has 0 atom stereocenters. The molecular weight excluding hydrogens is 242 g/mol. The second kappa shape index (κ2) is 4.31. The van der Waals surface area contributed by atoms with Crippen molar-refractivity contribution in [3.05, 3.63) is 59.7 Å². The summed E-state index contributed by atoms with van der Waals surface area (Å²) in [6, 6.07) is 9.68. The van der Waals surface area contributed by atoms with Crippen LogP contribution < -0.4 is 0 Å². The van der Waals surface area contributed by atoms with Crippen molar-refractivity contribution < 1.29 is 14.3 Å². The molecule has 3 rings (SSSR count). The summed E-state index contributed by atoms with van der Waals surface area (Å²) >= 11 is 0. The fourth-order valence-electron chi connectivity index (χ4n) is 2.30. The summed E-state index contributed by atoms with van der Waals surface area (Å²) in [6.07, 6.45) is 3.32. The van der Waals surface area contributed by atoms with Crippen molar-refractivity contribution in [2.24, 2.45) is 0 Å². The Bertz CT molecular complexity index is 752. The molecule has 2 aromatic heterocycles. The number of furan rings is 1. The topological polar surface area (TPSA) is 55.4 Å². The predicted molar refractivity (Wildman–Crippen MR) is 71.4 cm³/mol. The molecule has 0 amide bonds. The van der Waals surface area contributed by atoms with Gasteiger partial charge in [0.2, 0.25) is 0 Å². The van der Waals surface area contributed by atoms with Crippen molar-refractivity contribution in [3.8, 4) is 0 Å². The molecule has 0 spiro atoms. The molecule has 0 aliphatic carbocycles. The SMILES string of the molecule is Cc1cn(Cc2cc(C(=O)O)co2)c2ccccc12. The fourth-order valence-corrected chi connectivity index (χ4v) is 2.30. The number of aryl methyl sites for hydroxylation is 1. The quantitative estimate of drug-likeness (QED) is 0.781. The third kappa shape index (κ3) is 2.01. The molecule has 0 unspecified atom stereocenters. The summed E-state index contributed by atoms with van der Waals surface area (Å²) in [7, 11) is 0. The Morgan fingerprint density at radius 3 is 2.89 bits per heavy atom. The summed E-state index contributed by atoms with van der Waals surface area (Å²) < 4.78 is 7.35. The van der Waals surface area contributed by atoms with Gasteiger partial charge in [-0.25, -0.2) is 4.79 Å². The molecule has 2 heterocycles. The first kappa shape index (κ1) is 11.6. The van der Waals surface area contributed by atoms with Crippen LogP contribution >= 0.6 is 0 Å². The first-order valence-electron chi connectivity index (χ1n) is 6.00. The highest BCUT2D eigenvalue weighted by Crippen LogP contribution is 2.22. The zero-order valence-corrected chi connectivity index (χ0v) is 10.5. The monoisotopic (exact) mass is 255 g/mol. The average molecular weight is 255 g/mol. The lowest BCUT2D eigenvalue weighted by atomic mass is 10.2. The van der Waals surface area contributed by atoms with Crippen LogP contribution in [0.15, 0.2) is 47.2 Å². The molecule has 96 valence electrons. The number of carboxylic acid groups (broad SMARTS) is 1. The van der Waals surface area contributed by atoms with Crippen molar-refractivity contribution >= 4 is 16.9 Å². The van der Waals surface area contributed by atoms with Crippen molar-refractivity contribution in [3.63, 3.8) is 0 Å². The summed E-state index contributed by atoms with van der Waals surface area (Å²) in [6.45, 7) is 2.59. The van der Waals surface area contributed by atoms with E-state index in [-0.39, 0.29) is 5.56 Å². The van der Waals surface area contributed by atoms with Gasteiger partial charge >= 0.3 is 5.97 Å². The van der Waals surface area contributed by atoms with Crippen molar-refractivity contribution in [1.82, 2.24) is 4.57 Å². The molecule has 1 aromatic carbocycles. The van der Waals surface area contributed by atoms with E-state index >= 15 is 0 Å². The Morgan fingerprint density at radius 2 is 2.16 bits per heavy atom. The van der Waals surface area contributed by atoms with Crippen LogP contribution in [0, 0.1) is 6.92 Å². The number of carboxylic acids is 1. The van der Waals surface area contributed by atoms with Gasteiger partial charge in [0.15, 0.2) is 0 Å². The zero-order valence-electron chi connectivity index (χ0n) is 10.5. The van der Waals surface area contributed by atoms with Gasteiger partial charge in [0.1, 0.15) is 12.0 Å². The second-order valence-corrected chi connectivity index (χ2v) is 4.56. The Morgan fingerprint density at radius 1 is 1.37 bits per heavy atom. The maximum Gasteiger partial charge on any atom is 0.338 e. The van der Waals surface area contributed by atoms with Crippen LogP contribution in [0.25, 0.3) is 10.9 Å². The highest BCUT2D eigenvalue weighted by Gasteiger charge is 2.10. The molecule has 19 heavy (non-hydrogen) atoms. The van der Waals surface area contributed by atoms with E-state index in [0.717, 1.165) is 5.52 Å². The second-order valence-electron chi connectivity index (χ2n) is 4.56. The molecule has 4 nitrogen and oxygen atoms in total. The highest BCUT2D eigenvalue weighted by molar-refractivity contribution is 5.87. The van der Waals surface area contributed by atoms with E-state index in [0.29, 0.717) is 12.3 Å². The molecule has 3 aromatic rings. The van der Waals surface area contributed by atoms with Gasteiger partial charge in [-0.05, 0) is 24.6 Å². The van der Waals surface area contributed by atoms with E-state index in [1.165, 1.54) is 17.2 Å². The van der Waals surface area contributed by atoms with Crippen LogP contribution in [0.4, 0.5) is 0 Å². The number of aromatic carboxylic acids is 1. The number of fused-ring (bicyclic) bond motifs is 1. The van der Waals surface area contributed by atoms with Gasteiger partial charge in [0.05, 0.1) is 12.1 Å². The number of carbonyl (C=O) groups is 1. The number of nitrogens with zero attached hydrogens (tertiary/aromatic N) is 1. The van der Waals surface area contributed by atoms with Gasteiger partial charge in [-0.3, -0.25) is 0 Å². The maximum atomic E-state index is 10.8. The van der Waals surface area contributed by atoms with Crippen molar-refractivity contribution in [2.75, 3.05) is 0 Å². The molecule has 0 radical (unpaired) electrons. The molecule has 1 N–H and O–H groups in total. The van der Waals surface area contributed by atoms with Gasteiger partial charge in [-0.2, -0.15) is 0 Å². The predicted octanol–water partition coefficient (Wildman–Crippen LogP) is 3.29. The lowest BCUT2D eigenvalue weighted by Gasteiger charge is -2.01. The molecule has 0 aliphatic heterocycles. The number of benzene rings is 1. The zero-order chi connectivity index (χ0) is 13.4. The number of hydrogen-bond donors (Lipinski definition) is 1. The Kier molecular flexibility index (Phi) is 2.63. The summed E-state index contributed by atoms with van der Waals surface area (Å²) in [4.78, 5) is 10.8. The molecule has 4 heteroatoms. The molecular formula is C15H13NO3. The summed E-state index contributed by atoms with van der Waals surface area (Å²) in [5.74, 6) is -0.332. The van der Waals surface area contributed by atoms with Crippen LogP contribution in [0.5, 0.6) is 0 Å². The van der Waals surface area contributed by atoms with Gasteiger partial charge in [-0.15, -0.1) is 0 Å². The number of para-hydroxylation sites is 1. The smallest absolute Gasteiger partial charge is 0.338 e. The van der Waals surface area contributed by atoms with E-state index in [1.54, 1.807) is 6.07 Å². The van der Waals surface area contributed by atoms with E-state index in [1.807, 2.05) is 24.4 Å². The fraction of sp³-hybridized carbons (Fsp3) is 0.133. The van der Waals surface area contributed by atoms with Gasteiger partial charge in [-0.1, -0.05) is 18.2 Å². The van der Waals surface area contributed by atoms with E-state index in [2.05, 4.69) is 17.6 Å². The standard InChI is InChI=1S/C15H13NO3/c1-10-7-16(14-5-3-2-4-13(10)14)8-12-6-11(9-19-12)15(17)18/h2-7,9H,8H2,1H3,(H,17,18). The van der Waals surface area contributed by atoms with E-state index < -0.39 is 5.97 Å². The molecule has 0 saturated carbocycles. The third-order valence-electron chi connectivity index (χ3n) is 3.21. The normalized spacial score (nSPS) is 11.0. The van der Waals surface area contributed by atoms with Gasteiger partial charge in [0, 0.05) is 17.1 Å². The van der Waals surface area contributed by atoms with Crippen LogP contribution in [0.2, 0.25) is 0 Å². The Labute approximate surface area is 109 Å². The van der Waals surface area contributed by atoms with E-state index in [9.17, 15) is 4.79 Å². The largest absolute Gasteiger partial charge is 0.478 e. The minimum absolute atomic E-state index is 0.184. The minimum atomic E-state index is -0.969. The molecule has 0 bridgehead atoms. The summed E-state index contributed by atoms with van der Waals surface area (Å²) in [5, 5.41) is 10.1. The Hall–Kier alpha value is -2.49. The number of aromatic nitrogens is 1. The van der Waals surface area contributed by atoms with Gasteiger partial charge < -0.3 is 14.1 Å². The van der Waals surface area contributed by atoms with Crippen LogP contribution in [0.1, 0.15) is 21.7 Å². The first-order chi connectivity index (χ1) is 9.15. The third-order valence-corrected chi connectivity index (χ3v) is 3.21. The lowest BCUT2D eigenvalue weighted by molar-refractivity contribution is 0.0696. The minimum Gasteiger partial charge on any atom is -0.478 e. The molecule has 0 saturated heterocycles. The number of hydrogen-bond acceptors (Lipinski definition) is 2. The first-order valence-corrected chi connectivity index (χ1v) is 6.00. The lowest BCUT2D eigenvalue weighted by Crippen LogP contribution is -1.97. The number of rotatable bonds is 3. The van der Waals surface area contributed by atoms with Crippen molar-refractivity contribution in [1.29, 1.82) is 0 Å². The van der Waals surface area contributed by atoms with Gasteiger partial charge in [0.25, 0.3) is 0 Å². The molecule has 0 fully saturated rings. The average Bonchev–Trinajstić information content (AvgIpc) is 2.97. The maximum absolute atomic E-state index is 10.8. The van der Waals surface area contributed by atoms with Crippen LogP contribution in [-0.4, -0.2) is 15.6 Å². The molecule has 0 aliphatic rings.